The van der Waals surface area contributed by atoms with E-state index in [0.29, 0.717) is 28.1 Å². The highest BCUT2D eigenvalue weighted by atomic mass is 32.2. The van der Waals surface area contributed by atoms with E-state index in [1.165, 1.54) is 25.0 Å². The van der Waals surface area contributed by atoms with Gasteiger partial charge in [0, 0.05) is 11.3 Å². The zero-order chi connectivity index (χ0) is 23.0. The molecule has 9 nitrogen and oxygen atoms in total. The van der Waals surface area contributed by atoms with Gasteiger partial charge in [-0.05, 0) is 24.3 Å². The highest BCUT2D eigenvalue weighted by Gasteiger charge is 2.22. The average molecular weight is 468 g/mol. The van der Waals surface area contributed by atoms with Crippen molar-refractivity contribution in [3.63, 3.8) is 0 Å². The summed E-state index contributed by atoms with van der Waals surface area (Å²) in [4.78, 5) is 15.2. The van der Waals surface area contributed by atoms with Gasteiger partial charge in [-0.2, -0.15) is 0 Å². The number of hydrogen-bond acceptors (Lipinski definition) is 7. The number of halogens is 2. The zero-order valence-corrected chi connectivity index (χ0v) is 17.4. The Bertz CT molecular complexity index is 1570. The largest absolute Gasteiger partial charge is 0.471 e. The van der Waals surface area contributed by atoms with Gasteiger partial charge in [0.1, 0.15) is 40.2 Å². The van der Waals surface area contributed by atoms with Crippen LogP contribution in [0.5, 0.6) is 0 Å². The van der Waals surface area contributed by atoms with Crippen LogP contribution in [-0.2, 0) is 10.0 Å². The Morgan fingerprint density at radius 3 is 2.64 bits per heavy atom. The van der Waals surface area contributed by atoms with E-state index < -0.39 is 33.0 Å². The monoisotopic (exact) mass is 468 g/mol. The average Bonchev–Trinajstić information content (AvgIpc) is 3.51. The van der Waals surface area contributed by atoms with Crippen molar-refractivity contribution >= 4 is 38.2 Å². The summed E-state index contributed by atoms with van der Waals surface area (Å²) in [5.41, 5.74) is 1.34. The number of anilines is 3. The summed E-state index contributed by atoms with van der Waals surface area (Å²) in [6, 6.07) is 9.91. The molecule has 0 saturated carbocycles. The van der Waals surface area contributed by atoms with Crippen molar-refractivity contribution in [2.45, 2.75) is 4.90 Å². The molecule has 5 aromatic rings. The molecule has 0 fully saturated rings. The molecule has 12 heteroatoms. The molecule has 3 heterocycles. The van der Waals surface area contributed by atoms with E-state index in [0.717, 1.165) is 18.4 Å². The molecule has 3 aromatic heterocycles. The summed E-state index contributed by atoms with van der Waals surface area (Å²) in [7, 11) is -4.13. The standard InChI is InChI=1S/C21H14F2N6O3S/c22-14-5-6-16(29-33(30,31)12-7-8-32-9-12)17(23)19(14)28-15-4-2-1-3-13(15)18-20-21(26-10-24-18)27-11-25-20/h1-11,28-29H,(H,24,25,26,27). The Balaban J connectivity index is 1.55. The van der Waals surface area contributed by atoms with Gasteiger partial charge in [-0.15, -0.1) is 0 Å². The van der Waals surface area contributed by atoms with Gasteiger partial charge in [-0.25, -0.2) is 32.2 Å². The summed E-state index contributed by atoms with van der Waals surface area (Å²) < 4.78 is 61.6. The number of imidazole rings is 1. The number of aromatic nitrogens is 4. The first-order chi connectivity index (χ1) is 15.9. The number of sulfonamides is 1. The highest BCUT2D eigenvalue weighted by molar-refractivity contribution is 7.92. The number of hydrogen-bond donors (Lipinski definition) is 3. The van der Waals surface area contributed by atoms with E-state index in [9.17, 15) is 12.8 Å². The molecule has 2 aromatic carbocycles. The number of nitrogens with zero attached hydrogens (tertiary/aromatic N) is 3. The normalized spacial score (nSPS) is 11.6. The Labute approximate surface area is 185 Å². The van der Waals surface area contributed by atoms with Crippen LogP contribution in [0, 0.1) is 11.6 Å². The fraction of sp³-hybridized carbons (Fsp3) is 0. The van der Waals surface area contributed by atoms with Crippen LogP contribution in [0.15, 0.2) is 77.0 Å². The maximum Gasteiger partial charge on any atom is 0.265 e. The van der Waals surface area contributed by atoms with Gasteiger partial charge in [0.2, 0.25) is 0 Å². The van der Waals surface area contributed by atoms with Gasteiger partial charge in [0.25, 0.3) is 10.0 Å². The molecule has 0 atom stereocenters. The first-order valence-corrected chi connectivity index (χ1v) is 11.0. The summed E-state index contributed by atoms with van der Waals surface area (Å²) in [6.07, 6.45) is 4.97. The molecule has 0 amide bonds. The Kier molecular flexibility index (Phi) is 4.98. The lowest BCUT2D eigenvalue weighted by atomic mass is 10.1. The number of nitrogens with one attached hydrogen (secondary N) is 3. The van der Waals surface area contributed by atoms with Crippen LogP contribution >= 0.6 is 0 Å². The van der Waals surface area contributed by atoms with Crippen LogP contribution in [0.3, 0.4) is 0 Å². The van der Waals surface area contributed by atoms with Crippen molar-refractivity contribution < 1.29 is 21.6 Å². The quantitative estimate of drug-likeness (QED) is 0.336. The van der Waals surface area contributed by atoms with E-state index in [-0.39, 0.29) is 4.90 Å². The molecule has 0 aliphatic heterocycles. The molecular weight excluding hydrogens is 454 g/mol. The zero-order valence-electron chi connectivity index (χ0n) is 16.6. The number of fused-ring (bicyclic) bond motifs is 1. The second-order valence-corrected chi connectivity index (χ2v) is 8.52. The smallest absolute Gasteiger partial charge is 0.265 e. The van der Waals surface area contributed by atoms with E-state index >= 15 is 4.39 Å². The van der Waals surface area contributed by atoms with Crippen molar-refractivity contribution in [2.75, 3.05) is 10.0 Å². The molecule has 0 spiro atoms. The van der Waals surface area contributed by atoms with Crippen molar-refractivity contribution in [1.29, 1.82) is 0 Å². The molecule has 0 saturated heterocycles. The molecule has 33 heavy (non-hydrogen) atoms. The van der Waals surface area contributed by atoms with E-state index in [2.05, 4.69) is 30.0 Å². The Morgan fingerprint density at radius 2 is 1.82 bits per heavy atom. The van der Waals surface area contributed by atoms with Crippen molar-refractivity contribution in [3.8, 4) is 11.3 Å². The molecular formula is C21H14F2N6O3S. The maximum atomic E-state index is 15.2. The number of aromatic amines is 1. The van der Waals surface area contributed by atoms with E-state index in [4.69, 9.17) is 4.42 Å². The minimum atomic E-state index is -4.13. The first kappa shape index (κ1) is 20.6. The molecule has 5 rings (SSSR count). The van der Waals surface area contributed by atoms with Crippen LogP contribution in [0.2, 0.25) is 0 Å². The molecule has 0 aliphatic carbocycles. The number of benzene rings is 2. The highest BCUT2D eigenvalue weighted by Crippen LogP contribution is 2.35. The molecule has 166 valence electrons. The lowest BCUT2D eigenvalue weighted by Gasteiger charge is -2.15. The topological polar surface area (TPSA) is 126 Å². The van der Waals surface area contributed by atoms with Crippen LogP contribution in [0.25, 0.3) is 22.4 Å². The molecule has 0 bridgehead atoms. The minimum absolute atomic E-state index is 0.196. The summed E-state index contributed by atoms with van der Waals surface area (Å²) in [5, 5.41) is 2.73. The second-order valence-electron chi connectivity index (χ2n) is 6.84. The fourth-order valence-electron chi connectivity index (χ4n) is 3.26. The molecule has 0 aliphatic rings. The summed E-state index contributed by atoms with van der Waals surface area (Å²) in [6.45, 7) is 0. The second kappa shape index (κ2) is 7.98. The Hall–Kier alpha value is -4.32. The third kappa shape index (κ3) is 3.76. The summed E-state index contributed by atoms with van der Waals surface area (Å²) >= 11 is 0. The number of para-hydroxylation sites is 1. The van der Waals surface area contributed by atoms with Crippen LogP contribution in [0.1, 0.15) is 0 Å². The first-order valence-electron chi connectivity index (χ1n) is 9.47. The van der Waals surface area contributed by atoms with Crippen LogP contribution in [0.4, 0.5) is 25.8 Å². The molecule has 3 N–H and O–H groups in total. The number of H-pyrrole nitrogens is 1. The van der Waals surface area contributed by atoms with Gasteiger partial charge in [-0.3, -0.25) is 4.72 Å². The summed E-state index contributed by atoms with van der Waals surface area (Å²) in [5.74, 6) is -2.03. The van der Waals surface area contributed by atoms with Crippen LogP contribution < -0.4 is 10.0 Å². The lowest BCUT2D eigenvalue weighted by Crippen LogP contribution is -2.14. The van der Waals surface area contributed by atoms with Crippen molar-refractivity contribution in [1.82, 2.24) is 19.9 Å². The van der Waals surface area contributed by atoms with Gasteiger partial charge >= 0.3 is 0 Å². The molecule has 0 unspecified atom stereocenters. The fourth-order valence-corrected chi connectivity index (χ4v) is 4.24. The van der Waals surface area contributed by atoms with Crippen molar-refractivity contribution in [3.05, 3.63) is 79.3 Å². The van der Waals surface area contributed by atoms with Crippen LogP contribution in [-0.4, -0.2) is 28.4 Å². The molecule has 0 radical (unpaired) electrons. The van der Waals surface area contributed by atoms with Gasteiger partial charge < -0.3 is 14.7 Å². The number of furan rings is 1. The lowest BCUT2D eigenvalue weighted by molar-refractivity contribution is 0.556. The predicted octanol–water partition coefficient (Wildman–Crippen LogP) is 4.44. The SMILES string of the molecule is O=S(=O)(Nc1ccc(F)c(Nc2ccccc2-c2ncnc3nc[nH]c23)c1F)c1ccoc1. The van der Waals surface area contributed by atoms with Gasteiger partial charge in [0.05, 0.1) is 18.3 Å². The van der Waals surface area contributed by atoms with Gasteiger partial charge in [-0.1, -0.05) is 18.2 Å². The van der Waals surface area contributed by atoms with Crippen molar-refractivity contribution in [2.24, 2.45) is 0 Å². The van der Waals surface area contributed by atoms with E-state index in [1.807, 2.05) is 0 Å². The predicted molar refractivity (Wildman–Crippen MR) is 116 cm³/mol. The maximum absolute atomic E-state index is 15.2. The third-order valence-corrected chi connectivity index (χ3v) is 6.15. The van der Waals surface area contributed by atoms with Gasteiger partial charge in [0.15, 0.2) is 11.5 Å². The third-order valence-electron chi connectivity index (χ3n) is 4.81. The minimum Gasteiger partial charge on any atom is -0.471 e. The van der Waals surface area contributed by atoms with E-state index in [1.54, 1.807) is 24.3 Å². The Morgan fingerprint density at radius 1 is 0.970 bits per heavy atom. The number of rotatable bonds is 6.